The van der Waals surface area contributed by atoms with Crippen molar-refractivity contribution >= 4 is 23.2 Å². The first-order valence-corrected chi connectivity index (χ1v) is 8.32. The van der Waals surface area contributed by atoms with Gasteiger partial charge in [-0.3, -0.25) is 4.79 Å². The van der Waals surface area contributed by atoms with Crippen LogP contribution < -0.4 is 10.6 Å². The summed E-state index contributed by atoms with van der Waals surface area (Å²) in [5.41, 5.74) is 3.19. The van der Waals surface area contributed by atoms with Crippen LogP contribution in [-0.2, 0) is 6.42 Å². The Hall–Kier alpha value is -3.28. The topological polar surface area (TPSA) is 66.9 Å². The van der Waals surface area contributed by atoms with Crippen LogP contribution in [0.4, 0.5) is 21.7 Å². The second-order valence-electron chi connectivity index (χ2n) is 5.82. The Balaban J connectivity index is 1.83. The zero-order valence-electron chi connectivity index (χ0n) is 14.6. The highest BCUT2D eigenvalue weighted by atomic mass is 19.1. The molecule has 1 amide bonds. The number of carbonyl (C=O) groups excluding carboxylic acids is 1. The Kier molecular flexibility index (Phi) is 5.22. The van der Waals surface area contributed by atoms with Crippen LogP contribution >= 0.6 is 0 Å². The fourth-order valence-electron chi connectivity index (χ4n) is 2.57. The highest BCUT2D eigenvalue weighted by Gasteiger charge is 2.12. The number of hydrogen-bond donors (Lipinski definition) is 2. The maximum Gasteiger partial charge on any atom is 0.274 e. The quantitative estimate of drug-likeness (QED) is 0.712. The van der Waals surface area contributed by atoms with Gasteiger partial charge >= 0.3 is 0 Å². The molecule has 26 heavy (non-hydrogen) atoms. The van der Waals surface area contributed by atoms with Crippen molar-refractivity contribution in [3.05, 3.63) is 77.4 Å². The fraction of sp³-hybridized carbons (Fsp3) is 0.150. The Morgan fingerprint density at radius 1 is 1.08 bits per heavy atom. The van der Waals surface area contributed by atoms with Gasteiger partial charge in [-0.05, 0) is 49.2 Å². The fourth-order valence-corrected chi connectivity index (χ4v) is 2.57. The highest BCUT2D eigenvalue weighted by Crippen LogP contribution is 2.18. The van der Waals surface area contributed by atoms with E-state index in [1.165, 1.54) is 12.1 Å². The first-order chi connectivity index (χ1) is 12.5. The number of carbonyl (C=O) groups is 1. The molecule has 0 radical (unpaired) electrons. The van der Waals surface area contributed by atoms with Crippen molar-refractivity contribution in [1.29, 1.82) is 0 Å². The maximum absolute atomic E-state index is 13.3. The van der Waals surface area contributed by atoms with Gasteiger partial charge in [-0.2, -0.15) is 0 Å². The van der Waals surface area contributed by atoms with Crippen LogP contribution in [0.2, 0.25) is 0 Å². The summed E-state index contributed by atoms with van der Waals surface area (Å²) in [5.74, 6) is -0.444. The average Bonchev–Trinajstić information content (AvgIpc) is 2.61. The molecule has 0 saturated carbocycles. The van der Waals surface area contributed by atoms with Gasteiger partial charge in [0.2, 0.25) is 5.95 Å². The van der Waals surface area contributed by atoms with Gasteiger partial charge in [-0.1, -0.05) is 31.2 Å². The van der Waals surface area contributed by atoms with Crippen molar-refractivity contribution in [1.82, 2.24) is 9.97 Å². The minimum Gasteiger partial charge on any atom is -0.324 e. The van der Waals surface area contributed by atoms with Crippen molar-refractivity contribution in [2.45, 2.75) is 20.3 Å². The van der Waals surface area contributed by atoms with Crippen LogP contribution in [-0.4, -0.2) is 15.9 Å². The molecule has 3 aromatic rings. The second kappa shape index (κ2) is 7.74. The van der Waals surface area contributed by atoms with E-state index in [2.05, 4.69) is 20.6 Å². The van der Waals surface area contributed by atoms with Gasteiger partial charge in [0.05, 0.1) is 0 Å². The van der Waals surface area contributed by atoms with Crippen LogP contribution in [0.3, 0.4) is 0 Å². The van der Waals surface area contributed by atoms with E-state index in [1.54, 1.807) is 25.1 Å². The lowest BCUT2D eigenvalue weighted by Crippen LogP contribution is -2.16. The Morgan fingerprint density at radius 3 is 2.65 bits per heavy atom. The number of para-hydroxylation sites is 1. The summed E-state index contributed by atoms with van der Waals surface area (Å²) >= 11 is 0. The zero-order valence-corrected chi connectivity index (χ0v) is 14.6. The van der Waals surface area contributed by atoms with Crippen molar-refractivity contribution in [2.75, 3.05) is 10.6 Å². The zero-order chi connectivity index (χ0) is 18.5. The molecule has 0 aliphatic heterocycles. The maximum atomic E-state index is 13.3. The van der Waals surface area contributed by atoms with Gasteiger partial charge in [-0.25, -0.2) is 14.4 Å². The smallest absolute Gasteiger partial charge is 0.274 e. The molecule has 132 valence electrons. The lowest BCUT2D eigenvalue weighted by atomic mass is 10.1. The third-order valence-corrected chi connectivity index (χ3v) is 3.81. The van der Waals surface area contributed by atoms with Crippen LogP contribution in [0.25, 0.3) is 0 Å². The van der Waals surface area contributed by atoms with Crippen LogP contribution in [0.15, 0.2) is 54.6 Å². The van der Waals surface area contributed by atoms with E-state index in [1.807, 2.05) is 31.2 Å². The number of nitrogens with zero attached hydrogens (tertiary/aromatic N) is 2. The van der Waals surface area contributed by atoms with Crippen molar-refractivity contribution in [2.24, 2.45) is 0 Å². The summed E-state index contributed by atoms with van der Waals surface area (Å²) in [6.45, 7) is 3.80. The summed E-state index contributed by atoms with van der Waals surface area (Å²) in [6.07, 6.45) is 0.811. The number of halogens is 1. The monoisotopic (exact) mass is 350 g/mol. The molecule has 1 aromatic heterocycles. The Labute approximate surface area is 151 Å². The number of anilines is 3. The number of amides is 1. The molecular formula is C20H19FN4O. The normalized spacial score (nSPS) is 10.4. The van der Waals surface area contributed by atoms with Gasteiger partial charge < -0.3 is 10.6 Å². The third kappa shape index (κ3) is 4.22. The number of hydrogen-bond acceptors (Lipinski definition) is 4. The molecule has 0 aliphatic rings. The summed E-state index contributed by atoms with van der Waals surface area (Å²) in [6, 6.07) is 15.2. The van der Waals surface area contributed by atoms with Crippen LogP contribution in [0.1, 0.15) is 28.7 Å². The molecule has 0 atom stereocenters. The predicted molar refractivity (Wildman–Crippen MR) is 100 cm³/mol. The van der Waals surface area contributed by atoms with Gasteiger partial charge in [0.1, 0.15) is 11.5 Å². The molecular weight excluding hydrogens is 331 g/mol. The van der Waals surface area contributed by atoms with E-state index in [-0.39, 0.29) is 23.4 Å². The van der Waals surface area contributed by atoms with Gasteiger partial charge in [0.15, 0.2) is 0 Å². The van der Waals surface area contributed by atoms with Crippen molar-refractivity contribution in [3.8, 4) is 0 Å². The van der Waals surface area contributed by atoms with Crippen LogP contribution in [0.5, 0.6) is 0 Å². The molecule has 3 rings (SSSR count). The minimum absolute atomic E-state index is 0.238. The molecule has 2 aromatic carbocycles. The molecule has 0 unspecified atom stereocenters. The SMILES string of the molecule is CCc1ccccc1NC(=O)c1cc(C)nc(Nc2cccc(F)c2)n1. The average molecular weight is 350 g/mol. The van der Waals surface area contributed by atoms with E-state index in [4.69, 9.17) is 0 Å². The van der Waals surface area contributed by atoms with Gasteiger partial charge in [0, 0.05) is 17.1 Å². The molecule has 0 bridgehead atoms. The minimum atomic E-state index is -0.364. The summed E-state index contributed by atoms with van der Waals surface area (Å²) in [7, 11) is 0. The van der Waals surface area contributed by atoms with Crippen molar-refractivity contribution < 1.29 is 9.18 Å². The molecule has 6 heteroatoms. The first kappa shape index (κ1) is 17.5. The number of aryl methyl sites for hydroxylation is 2. The molecule has 0 saturated heterocycles. The van der Waals surface area contributed by atoms with E-state index >= 15 is 0 Å². The summed E-state index contributed by atoms with van der Waals surface area (Å²) < 4.78 is 13.3. The van der Waals surface area contributed by atoms with Gasteiger partial charge in [-0.15, -0.1) is 0 Å². The number of nitrogens with one attached hydrogen (secondary N) is 2. The highest BCUT2D eigenvalue weighted by molar-refractivity contribution is 6.03. The predicted octanol–water partition coefficient (Wildman–Crippen LogP) is 4.48. The van der Waals surface area contributed by atoms with Gasteiger partial charge in [0.25, 0.3) is 5.91 Å². The second-order valence-corrected chi connectivity index (χ2v) is 5.82. The van der Waals surface area contributed by atoms with E-state index < -0.39 is 0 Å². The molecule has 0 spiro atoms. The Bertz CT molecular complexity index is 943. The first-order valence-electron chi connectivity index (χ1n) is 8.32. The van der Waals surface area contributed by atoms with Crippen molar-refractivity contribution in [3.63, 3.8) is 0 Å². The molecule has 1 heterocycles. The molecule has 0 aliphatic carbocycles. The number of benzene rings is 2. The third-order valence-electron chi connectivity index (χ3n) is 3.81. The van der Waals surface area contributed by atoms with E-state index in [0.29, 0.717) is 11.4 Å². The molecule has 2 N–H and O–H groups in total. The van der Waals surface area contributed by atoms with E-state index in [0.717, 1.165) is 17.7 Å². The molecule has 0 fully saturated rings. The number of rotatable bonds is 5. The number of aromatic nitrogens is 2. The van der Waals surface area contributed by atoms with E-state index in [9.17, 15) is 9.18 Å². The standard InChI is InChI=1S/C20H19FN4O/c1-3-14-7-4-5-10-17(14)24-19(26)18-11-13(2)22-20(25-18)23-16-9-6-8-15(21)12-16/h4-12H,3H2,1-2H3,(H,24,26)(H,22,23,25). The summed E-state index contributed by atoms with van der Waals surface area (Å²) in [5, 5.41) is 5.81. The Morgan fingerprint density at radius 2 is 1.88 bits per heavy atom. The van der Waals surface area contributed by atoms with Crippen LogP contribution in [0, 0.1) is 12.7 Å². The molecule has 5 nitrogen and oxygen atoms in total. The largest absolute Gasteiger partial charge is 0.324 e. The summed E-state index contributed by atoms with van der Waals surface area (Å²) in [4.78, 5) is 21.1. The lowest BCUT2D eigenvalue weighted by molar-refractivity contribution is 0.102. The lowest BCUT2D eigenvalue weighted by Gasteiger charge is -2.11.